The minimum atomic E-state index is 0.481. The summed E-state index contributed by atoms with van der Waals surface area (Å²) in [6, 6.07) is 0. The van der Waals surface area contributed by atoms with Crippen molar-refractivity contribution >= 4 is 5.69 Å². The average Bonchev–Trinajstić information content (AvgIpc) is 2.28. The Morgan fingerprint density at radius 2 is 2.45 bits per heavy atom. The first kappa shape index (κ1) is 8.07. The van der Waals surface area contributed by atoms with E-state index in [1.54, 1.807) is 10.9 Å². The molecule has 0 spiro atoms. The third kappa shape index (κ3) is 1.94. The van der Waals surface area contributed by atoms with Crippen LogP contribution in [0.25, 0.3) is 0 Å². The predicted molar refractivity (Wildman–Crippen MR) is 43.0 cm³/mol. The maximum atomic E-state index is 5.57. The maximum Gasteiger partial charge on any atom is 0.139 e. The molecule has 0 saturated carbocycles. The standard InChI is InChI=1S/C7H13N3O/c1-3-11-5-10-4-7(8)6(2)9-10/h4H,3,5,8H2,1-2H3. The van der Waals surface area contributed by atoms with E-state index < -0.39 is 0 Å². The van der Waals surface area contributed by atoms with Crippen LogP contribution in [-0.4, -0.2) is 16.4 Å². The molecule has 0 aliphatic rings. The van der Waals surface area contributed by atoms with Crippen molar-refractivity contribution in [2.75, 3.05) is 12.3 Å². The normalized spacial score (nSPS) is 10.4. The van der Waals surface area contributed by atoms with Gasteiger partial charge in [-0.1, -0.05) is 0 Å². The van der Waals surface area contributed by atoms with Gasteiger partial charge in [-0.05, 0) is 13.8 Å². The van der Waals surface area contributed by atoms with Crippen molar-refractivity contribution < 1.29 is 4.74 Å². The number of aromatic nitrogens is 2. The largest absolute Gasteiger partial charge is 0.396 e. The van der Waals surface area contributed by atoms with Crippen LogP contribution in [0.5, 0.6) is 0 Å². The molecule has 0 radical (unpaired) electrons. The van der Waals surface area contributed by atoms with E-state index in [9.17, 15) is 0 Å². The molecule has 4 nitrogen and oxygen atoms in total. The van der Waals surface area contributed by atoms with Crippen LogP contribution in [0.15, 0.2) is 6.20 Å². The van der Waals surface area contributed by atoms with Gasteiger partial charge in [0.05, 0.1) is 17.6 Å². The van der Waals surface area contributed by atoms with Crippen LogP contribution in [0, 0.1) is 6.92 Å². The highest BCUT2D eigenvalue weighted by atomic mass is 16.5. The summed E-state index contributed by atoms with van der Waals surface area (Å²) < 4.78 is 6.82. The molecule has 0 saturated heterocycles. The molecule has 1 aromatic heterocycles. The summed E-state index contributed by atoms with van der Waals surface area (Å²) in [4.78, 5) is 0. The van der Waals surface area contributed by atoms with Crippen molar-refractivity contribution in [3.63, 3.8) is 0 Å². The van der Waals surface area contributed by atoms with Crippen LogP contribution in [0.3, 0.4) is 0 Å². The molecule has 0 fully saturated rings. The number of anilines is 1. The summed E-state index contributed by atoms with van der Waals surface area (Å²) in [6.07, 6.45) is 1.77. The number of hydrogen-bond acceptors (Lipinski definition) is 3. The average molecular weight is 155 g/mol. The maximum absolute atomic E-state index is 5.57. The van der Waals surface area contributed by atoms with E-state index >= 15 is 0 Å². The van der Waals surface area contributed by atoms with Crippen molar-refractivity contribution in [1.29, 1.82) is 0 Å². The molecular weight excluding hydrogens is 142 g/mol. The lowest BCUT2D eigenvalue weighted by molar-refractivity contribution is 0.0790. The topological polar surface area (TPSA) is 53.1 Å². The molecule has 1 aromatic rings. The third-order valence-corrected chi connectivity index (χ3v) is 1.41. The number of nitrogens with zero attached hydrogens (tertiary/aromatic N) is 2. The highest BCUT2D eigenvalue weighted by Gasteiger charge is 1.98. The lowest BCUT2D eigenvalue weighted by Gasteiger charge is -1.98. The lowest BCUT2D eigenvalue weighted by atomic mass is 10.4. The van der Waals surface area contributed by atoms with E-state index in [-0.39, 0.29) is 0 Å². The molecule has 0 bridgehead atoms. The molecule has 11 heavy (non-hydrogen) atoms. The van der Waals surface area contributed by atoms with Crippen LogP contribution in [0.4, 0.5) is 5.69 Å². The summed E-state index contributed by atoms with van der Waals surface area (Å²) in [5.41, 5.74) is 7.14. The van der Waals surface area contributed by atoms with Crippen molar-refractivity contribution in [1.82, 2.24) is 9.78 Å². The van der Waals surface area contributed by atoms with Gasteiger partial charge in [0.1, 0.15) is 6.73 Å². The van der Waals surface area contributed by atoms with E-state index in [1.165, 1.54) is 0 Å². The number of hydrogen-bond donors (Lipinski definition) is 1. The molecule has 4 heteroatoms. The van der Waals surface area contributed by atoms with Crippen molar-refractivity contribution in [3.8, 4) is 0 Å². The zero-order valence-electron chi connectivity index (χ0n) is 6.87. The summed E-state index contributed by atoms with van der Waals surface area (Å²) >= 11 is 0. The molecular formula is C7H13N3O. The molecule has 2 N–H and O–H groups in total. The zero-order chi connectivity index (χ0) is 8.27. The SMILES string of the molecule is CCOCn1cc(N)c(C)n1. The van der Waals surface area contributed by atoms with Gasteiger partial charge in [-0.15, -0.1) is 0 Å². The molecule has 1 heterocycles. The van der Waals surface area contributed by atoms with Gasteiger partial charge in [0.25, 0.3) is 0 Å². The molecule has 62 valence electrons. The second-order valence-electron chi connectivity index (χ2n) is 2.33. The van der Waals surface area contributed by atoms with Crippen LogP contribution in [0.2, 0.25) is 0 Å². The van der Waals surface area contributed by atoms with Gasteiger partial charge in [0.2, 0.25) is 0 Å². The first-order valence-corrected chi connectivity index (χ1v) is 3.61. The lowest BCUT2D eigenvalue weighted by Crippen LogP contribution is -2.02. The van der Waals surface area contributed by atoms with Crippen molar-refractivity contribution in [2.24, 2.45) is 0 Å². The Bertz CT molecular complexity index is 212. The Morgan fingerprint density at radius 3 is 2.91 bits per heavy atom. The Balaban J connectivity index is 2.58. The Kier molecular flexibility index (Phi) is 2.48. The van der Waals surface area contributed by atoms with Crippen LogP contribution < -0.4 is 5.73 Å². The van der Waals surface area contributed by atoms with Gasteiger partial charge in [-0.25, -0.2) is 4.68 Å². The minimum absolute atomic E-state index is 0.481. The van der Waals surface area contributed by atoms with E-state index in [2.05, 4.69) is 5.10 Å². The minimum Gasteiger partial charge on any atom is -0.396 e. The third-order valence-electron chi connectivity index (χ3n) is 1.41. The smallest absolute Gasteiger partial charge is 0.139 e. The van der Waals surface area contributed by atoms with Crippen LogP contribution in [0.1, 0.15) is 12.6 Å². The van der Waals surface area contributed by atoms with Crippen LogP contribution >= 0.6 is 0 Å². The Morgan fingerprint density at radius 1 is 1.73 bits per heavy atom. The summed E-state index contributed by atoms with van der Waals surface area (Å²) in [5, 5.41) is 4.11. The zero-order valence-corrected chi connectivity index (χ0v) is 6.87. The van der Waals surface area contributed by atoms with E-state index in [0.29, 0.717) is 19.0 Å². The first-order chi connectivity index (χ1) is 5.24. The molecule has 0 atom stereocenters. The monoisotopic (exact) mass is 155 g/mol. The van der Waals surface area contributed by atoms with Gasteiger partial charge < -0.3 is 10.5 Å². The summed E-state index contributed by atoms with van der Waals surface area (Å²) in [7, 11) is 0. The number of rotatable bonds is 3. The van der Waals surface area contributed by atoms with Crippen molar-refractivity contribution in [2.45, 2.75) is 20.6 Å². The molecule has 0 aliphatic heterocycles. The van der Waals surface area contributed by atoms with Gasteiger partial charge in [-0.3, -0.25) is 0 Å². The molecule has 0 amide bonds. The highest BCUT2D eigenvalue weighted by molar-refractivity contribution is 5.39. The van der Waals surface area contributed by atoms with Gasteiger partial charge in [-0.2, -0.15) is 5.10 Å². The Labute approximate surface area is 66.0 Å². The predicted octanol–water partition coefficient (Wildman–Crippen LogP) is 0.768. The van der Waals surface area contributed by atoms with Gasteiger partial charge in [0.15, 0.2) is 0 Å². The molecule has 0 unspecified atom stereocenters. The van der Waals surface area contributed by atoms with Gasteiger partial charge in [0, 0.05) is 6.61 Å². The van der Waals surface area contributed by atoms with Crippen molar-refractivity contribution in [3.05, 3.63) is 11.9 Å². The number of nitrogen functional groups attached to an aromatic ring is 1. The fraction of sp³-hybridized carbons (Fsp3) is 0.571. The first-order valence-electron chi connectivity index (χ1n) is 3.61. The second-order valence-corrected chi connectivity index (χ2v) is 2.33. The van der Waals surface area contributed by atoms with E-state index in [0.717, 1.165) is 5.69 Å². The van der Waals surface area contributed by atoms with Gasteiger partial charge >= 0.3 is 0 Å². The number of nitrogens with two attached hydrogens (primary N) is 1. The van der Waals surface area contributed by atoms with Crippen LogP contribution in [-0.2, 0) is 11.5 Å². The quantitative estimate of drug-likeness (QED) is 0.701. The molecule has 0 aromatic carbocycles. The number of ether oxygens (including phenoxy) is 1. The summed E-state index contributed by atoms with van der Waals surface area (Å²) in [5.74, 6) is 0. The number of aryl methyl sites for hydroxylation is 1. The second kappa shape index (κ2) is 3.39. The molecule has 1 rings (SSSR count). The highest BCUT2D eigenvalue weighted by Crippen LogP contribution is 2.05. The Hall–Kier alpha value is -1.03. The molecule has 0 aliphatic carbocycles. The summed E-state index contributed by atoms with van der Waals surface area (Å²) in [6.45, 7) is 4.99. The fourth-order valence-corrected chi connectivity index (χ4v) is 0.784. The van der Waals surface area contributed by atoms with E-state index in [4.69, 9.17) is 10.5 Å². The van der Waals surface area contributed by atoms with E-state index in [1.807, 2.05) is 13.8 Å². The fourth-order valence-electron chi connectivity index (χ4n) is 0.784.